The van der Waals surface area contributed by atoms with E-state index in [1.54, 1.807) is 0 Å². The van der Waals surface area contributed by atoms with Gasteiger partial charge in [-0.2, -0.15) is 0 Å². The maximum atomic E-state index is 10.2. The third-order valence-electron chi connectivity index (χ3n) is 4.68. The third kappa shape index (κ3) is 8.66. The molecule has 1 aliphatic heterocycles. The van der Waals surface area contributed by atoms with Gasteiger partial charge in [0.2, 0.25) is 0 Å². The highest BCUT2D eigenvalue weighted by atomic mass is 35.5. The molecule has 1 unspecified atom stereocenters. The Morgan fingerprint density at radius 1 is 0.857 bits per heavy atom. The molecule has 1 heterocycles. The zero-order chi connectivity index (χ0) is 18.2. The summed E-state index contributed by atoms with van der Waals surface area (Å²) in [5.41, 5.74) is 2.42. The van der Waals surface area contributed by atoms with Crippen molar-refractivity contribution < 1.29 is 9.84 Å². The van der Waals surface area contributed by atoms with Crippen molar-refractivity contribution in [2.24, 2.45) is 0 Å². The Morgan fingerprint density at radius 2 is 1.46 bits per heavy atom. The van der Waals surface area contributed by atoms with Gasteiger partial charge in [0.25, 0.3) is 0 Å². The van der Waals surface area contributed by atoms with Crippen molar-refractivity contribution in [2.75, 3.05) is 39.3 Å². The maximum absolute atomic E-state index is 10.2. The Bertz CT molecular complexity index is 650. The van der Waals surface area contributed by atoms with Gasteiger partial charge >= 0.3 is 0 Å². The quantitative estimate of drug-likeness (QED) is 0.666. The minimum atomic E-state index is -0.456. The minimum Gasteiger partial charge on any atom is -0.389 e. The standard InChI is InChI=1S/C21H27ClN2O2.2ClH/c22-20-8-6-19(7-9-20)16-26-17-21(25)15-24-12-10-23(11-13-24)14-18-4-2-1-3-5-18;;/h1-9,21,25H,10-17H2;2*1H. The highest BCUT2D eigenvalue weighted by Gasteiger charge is 2.19. The summed E-state index contributed by atoms with van der Waals surface area (Å²) in [5.74, 6) is 0. The van der Waals surface area contributed by atoms with Gasteiger partial charge < -0.3 is 9.84 Å². The van der Waals surface area contributed by atoms with E-state index >= 15 is 0 Å². The van der Waals surface area contributed by atoms with Gasteiger partial charge in [-0.3, -0.25) is 9.80 Å². The first kappa shape index (κ1) is 25.2. The number of piperazine rings is 1. The van der Waals surface area contributed by atoms with Gasteiger partial charge in [-0.1, -0.05) is 54.1 Å². The summed E-state index contributed by atoms with van der Waals surface area (Å²) >= 11 is 5.87. The molecule has 0 amide bonds. The number of ether oxygens (including phenoxy) is 1. The fourth-order valence-corrected chi connectivity index (χ4v) is 3.34. The topological polar surface area (TPSA) is 35.9 Å². The molecule has 1 fully saturated rings. The van der Waals surface area contributed by atoms with Gasteiger partial charge in [-0.25, -0.2) is 0 Å². The molecular weight excluding hydrogens is 419 g/mol. The third-order valence-corrected chi connectivity index (χ3v) is 4.93. The van der Waals surface area contributed by atoms with E-state index in [1.807, 2.05) is 24.3 Å². The molecule has 0 spiro atoms. The van der Waals surface area contributed by atoms with E-state index in [2.05, 4.69) is 40.1 Å². The second-order valence-corrected chi connectivity index (χ2v) is 7.29. The van der Waals surface area contributed by atoms with Gasteiger partial charge in [0.15, 0.2) is 0 Å². The van der Waals surface area contributed by atoms with E-state index in [4.69, 9.17) is 16.3 Å². The molecule has 7 heteroatoms. The number of benzene rings is 2. The van der Waals surface area contributed by atoms with Crippen molar-refractivity contribution in [3.8, 4) is 0 Å². The molecule has 2 aromatic rings. The molecule has 156 valence electrons. The van der Waals surface area contributed by atoms with Gasteiger partial charge in [0.1, 0.15) is 0 Å². The van der Waals surface area contributed by atoms with Crippen LogP contribution in [0, 0.1) is 0 Å². The van der Waals surface area contributed by atoms with Gasteiger partial charge in [-0.05, 0) is 23.3 Å². The van der Waals surface area contributed by atoms with Crippen LogP contribution in [0.1, 0.15) is 11.1 Å². The van der Waals surface area contributed by atoms with E-state index in [0.717, 1.165) is 43.3 Å². The summed E-state index contributed by atoms with van der Waals surface area (Å²) in [6.07, 6.45) is -0.456. The van der Waals surface area contributed by atoms with E-state index in [-0.39, 0.29) is 24.8 Å². The minimum absolute atomic E-state index is 0. The first-order valence-corrected chi connectivity index (χ1v) is 9.56. The molecule has 1 saturated heterocycles. The zero-order valence-corrected chi connectivity index (χ0v) is 18.3. The number of aliphatic hydroxyl groups is 1. The number of hydrogen-bond donors (Lipinski definition) is 1. The van der Waals surface area contributed by atoms with Crippen LogP contribution in [0.25, 0.3) is 0 Å². The van der Waals surface area contributed by atoms with Crippen LogP contribution in [-0.2, 0) is 17.9 Å². The van der Waals surface area contributed by atoms with Crippen LogP contribution in [0.5, 0.6) is 0 Å². The van der Waals surface area contributed by atoms with Crippen LogP contribution in [0.15, 0.2) is 54.6 Å². The van der Waals surface area contributed by atoms with Crippen LogP contribution >= 0.6 is 36.4 Å². The van der Waals surface area contributed by atoms with Gasteiger partial charge in [0, 0.05) is 44.3 Å². The molecular formula is C21H29Cl3N2O2. The fraction of sp³-hybridized carbons (Fsp3) is 0.429. The SMILES string of the molecule is Cl.Cl.OC(COCc1ccc(Cl)cc1)CN1CCN(Cc2ccccc2)CC1. The van der Waals surface area contributed by atoms with Crippen LogP contribution in [0.2, 0.25) is 5.02 Å². The van der Waals surface area contributed by atoms with Crippen LogP contribution in [0.4, 0.5) is 0 Å². The Balaban J connectivity index is 0.00000196. The van der Waals surface area contributed by atoms with Crippen molar-refractivity contribution in [1.82, 2.24) is 9.80 Å². The smallest absolute Gasteiger partial charge is 0.0900 e. The van der Waals surface area contributed by atoms with Crippen molar-refractivity contribution in [1.29, 1.82) is 0 Å². The summed E-state index contributed by atoms with van der Waals surface area (Å²) in [5, 5.41) is 10.9. The molecule has 28 heavy (non-hydrogen) atoms. The Hall–Kier alpha value is -0.850. The highest BCUT2D eigenvalue weighted by molar-refractivity contribution is 6.30. The predicted octanol–water partition coefficient (Wildman–Crippen LogP) is 3.88. The molecule has 1 aliphatic rings. The first-order valence-electron chi connectivity index (χ1n) is 9.18. The molecule has 1 N–H and O–H groups in total. The molecule has 0 aliphatic carbocycles. The summed E-state index contributed by atoms with van der Waals surface area (Å²) in [4.78, 5) is 4.78. The van der Waals surface area contributed by atoms with E-state index < -0.39 is 6.10 Å². The highest BCUT2D eigenvalue weighted by Crippen LogP contribution is 2.11. The lowest BCUT2D eigenvalue weighted by Crippen LogP contribution is -2.48. The second kappa shape index (κ2) is 13.4. The molecule has 2 aromatic carbocycles. The number of nitrogens with zero attached hydrogens (tertiary/aromatic N) is 2. The lowest BCUT2D eigenvalue weighted by molar-refractivity contribution is 0.000878. The van der Waals surface area contributed by atoms with E-state index in [0.29, 0.717) is 19.8 Å². The fourth-order valence-electron chi connectivity index (χ4n) is 3.22. The predicted molar refractivity (Wildman–Crippen MR) is 120 cm³/mol. The van der Waals surface area contributed by atoms with Crippen molar-refractivity contribution in [3.63, 3.8) is 0 Å². The molecule has 1 atom stereocenters. The van der Waals surface area contributed by atoms with Crippen molar-refractivity contribution in [2.45, 2.75) is 19.3 Å². The monoisotopic (exact) mass is 446 g/mol. The summed E-state index contributed by atoms with van der Waals surface area (Å²) < 4.78 is 5.63. The van der Waals surface area contributed by atoms with Gasteiger partial charge in [-0.15, -0.1) is 24.8 Å². The summed E-state index contributed by atoms with van der Waals surface area (Å²) in [6.45, 7) is 6.57. The van der Waals surface area contributed by atoms with E-state index in [1.165, 1.54) is 5.56 Å². The van der Waals surface area contributed by atoms with Crippen molar-refractivity contribution in [3.05, 3.63) is 70.7 Å². The number of halogens is 3. The summed E-state index contributed by atoms with van der Waals surface area (Å²) in [7, 11) is 0. The first-order chi connectivity index (χ1) is 12.7. The number of rotatable bonds is 8. The average Bonchev–Trinajstić information content (AvgIpc) is 2.66. The second-order valence-electron chi connectivity index (χ2n) is 6.86. The lowest BCUT2D eigenvalue weighted by atomic mass is 10.2. The summed E-state index contributed by atoms with van der Waals surface area (Å²) in [6, 6.07) is 18.2. The van der Waals surface area contributed by atoms with Crippen LogP contribution in [0.3, 0.4) is 0 Å². The Kier molecular flexibility index (Phi) is 12.0. The molecule has 0 saturated carbocycles. The number of aliphatic hydroxyl groups excluding tert-OH is 1. The average molecular weight is 448 g/mol. The molecule has 0 radical (unpaired) electrons. The Morgan fingerprint density at radius 3 is 2.11 bits per heavy atom. The van der Waals surface area contributed by atoms with Crippen LogP contribution in [-0.4, -0.2) is 60.3 Å². The van der Waals surface area contributed by atoms with Crippen molar-refractivity contribution >= 4 is 36.4 Å². The Labute approximate surface area is 185 Å². The lowest BCUT2D eigenvalue weighted by Gasteiger charge is -2.35. The molecule has 4 nitrogen and oxygen atoms in total. The maximum Gasteiger partial charge on any atom is 0.0900 e. The van der Waals surface area contributed by atoms with E-state index in [9.17, 15) is 5.11 Å². The largest absolute Gasteiger partial charge is 0.389 e. The number of hydrogen-bond acceptors (Lipinski definition) is 4. The molecule has 0 bridgehead atoms. The number of β-amino-alcohol motifs (C(OH)–C–C–N with tert-alkyl or cyclic N) is 1. The molecule has 0 aromatic heterocycles. The van der Waals surface area contributed by atoms with Gasteiger partial charge in [0.05, 0.1) is 19.3 Å². The van der Waals surface area contributed by atoms with Crippen LogP contribution < -0.4 is 0 Å². The normalized spacial score (nSPS) is 16.1. The zero-order valence-electron chi connectivity index (χ0n) is 15.9. The molecule has 3 rings (SSSR count).